The molecule has 0 nitrogen and oxygen atoms in total. The molecule has 0 spiro atoms. The normalized spacial score (nSPS) is 8.00. The van der Waals surface area contributed by atoms with Crippen LogP contribution in [0, 0.1) is 0 Å². The second-order valence-electron chi connectivity index (χ2n) is 3.15. The number of rotatable bonds is 0. The molecule has 15 heavy (non-hydrogen) atoms. The molecule has 0 aromatic heterocycles. The van der Waals surface area contributed by atoms with Gasteiger partial charge in [-0.1, -0.05) is 6.07 Å². The zero-order valence-corrected chi connectivity index (χ0v) is 13.9. The van der Waals surface area contributed by atoms with E-state index in [1.54, 1.807) is 3.26 Å². The standard InChI is InChI=1S/C9H7.C3H6.2ClH.Hf/c1-2-5-9-7-3-6-8(9)4-1;1-3-2;;;/h1-7H;1-2H3;2*1H;/q-1;;;;+2/p-2. The minimum Gasteiger partial charge on any atom is -1.00 e. The van der Waals surface area contributed by atoms with Crippen LogP contribution in [0.25, 0.3) is 10.8 Å². The summed E-state index contributed by atoms with van der Waals surface area (Å²) in [5.41, 5.74) is 0. The van der Waals surface area contributed by atoms with Crippen LogP contribution in [0.4, 0.5) is 0 Å². The SMILES string of the molecule is C[C](C)=[Hf+2].[Cl-].[Cl-].c1ccc2[cH-]ccc2c1. The van der Waals surface area contributed by atoms with Gasteiger partial charge in [0.15, 0.2) is 0 Å². The average Bonchev–Trinajstić information content (AvgIpc) is 2.49. The van der Waals surface area contributed by atoms with Crippen molar-refractivity contribution in [2.45, 2.75) is 13.8 Å². The number of benzene rings is 1. The largest absolute Gasteiger partial charge is 1.00 e. The molecule has 0 N–H and O–H groups in total. The van der Waals surface area contributed by atoms with Crippen LogP contribution >= 0.6 is 0 Å². The molecule has 0 unspecified atom stereocenters. The molecule has 2 aromatic rings. The van der Waals surface area contributed by atoms with Gasteiger partial charge in [-0.05, 0) is 0 Å². The number of halogens is 2. The first kappa shape index (κ1) is 17.5. The summed E-state index contributed by atoms with van der Waals surface area (Å²) < 4.78 is 1.56. The monoisotopic (exact) mass is 407 g/mol. The minimum atomic E-state index is 0. The van der Waals surface area contributed by atoms with Crippen LogP contribution < -0.4 is 24.8 Å². The summed E-state index contributed by atoms with van der Waals surface area (Å²) in [6.45, 7) is 4.29. The molecule has 0 aliphatic heterocycles. The summed E-state index contributed by atoms with van der Waals surface area (Å²) in [6.07, 6.45) is 0. The molecule has 0 bridgehead atoms. The van der Waals surface area contributed by atoms with Gasteiger partial charge in [-0.25, -0.2) is 0 Å². The van der Waals surface area contributed by atoms with Gasteiger partial charge >= 0.3 is 41.0 Å². The molecule has 0 saturated heterocycles. The van der Waals surface area contributed by atoms with Crippen molar-refractivity contribution in [2.75, 3.05) is 0 Å². The molecule has 0 fully saturated rings. The van der Waals surface area contributed by atoms with Gasteiger partial charge in [0.1, 0.15) is 0 Å². The van der Waals surface area contributed by atoms with Gasteiger partial charge in [-0.2, -0.15) is 17.5 Å². The van der Waals surface area contributed by atoms with Crippen molar-refractivity contribution in [3.8, 4) is 0 Å². The van der Waals surface area contributed by atoms with Crippen molar-refractivity contribution in [3.63, 3.8) is 0 Å². The maximum Gasteiger partial charge on any atom is -0.0809 e. The van der Waals surface area contributed by atoms with E-state index in [-0.39, 0.29) is 24.8 Å². The molecule has 0 aliphatic rings. The smallest absolute Gasteiger partial charge is 0.0809 e. The second-order valence-corrected chi connectivity index (χ2v) is 6.75. The molecule has 0 aliphatic carbocycles. The molecule has 0 radical (unpaired) electrons. The van der Waals surface area contributed by atoms with Crippen molar-refractivity contribution >= 4 is 14.0 Å². The van der Waals surface area contributed by atoms with Crippen LogP contribution in [0.15, 0.2) is 42.5 Å². The number of hydrogen-bond donors (Lipinski definition) is 0. The van der Waals surface area contributed by atoms with Crippen LogP contribution in [-0.2, 0) is 23.9 Å². The van der Waals surface area contributed by atoms with E-state index in [0.717, 1.165) is 0 Å². The fraction of sp³-hybridized carbons (Fsp3) is 0.167. The van der Waals surface area contributed by atoms with Gasteiger partial charge in [0.05, 0.1) is 0 Å². The fourth-order valence-electron chi connectivity index (χ4n) is 1.07. The molecule has 2 aromatic carbocycles. The Morgan fingerprint density at radius 2 is 1.60 bits per heavy atom. The predicted octanol–water partition coefficient (Wildman–Crippen LogP) is -2.69. The third-order valence-corrected chi connectivity index (χ3v) is 1.55. The molecule has 0 heterocycles. The maximum atomic E-state index is 2.15. The zero-order chi connectivity index (χ0) is 9.68. The Balaban J connectivity index is 0. The van der Waals surface area contributed by atoms with Gasteiger partial charge in [0.2, 0.25) is 0 Å². The molecule has 0 atom stereocenters. The maximum absolute atomic E-state index is 2.15. The van der Waals surface area contributed by atoms with Gasteiger partial charge in [-0.15, -0.1) is 29.7 Å². The Labute approximate surface area is 118 Å². The van der Waals surface area contributed by atoms with E-state index in [9.17, 15) is 0 Å². The van der Waals surface area contributed by atoms with Crippen molar-refractivity contribution in [1.82, 2.24) is 0 Å². The van der Waals surface area contributed by atoms with Gasteiger partial charge in [0.25, 0.3) is 0 Å². The Hall–Kier alpha value is 0.150. The Bertz CT molecular complexity index is 359. The van der Waals surface area contributed by atoms with Gasteiger partial charge < -0.3 is 24.8 Å². The molecule has 0 saturated carbocycles. The van der Waals surface area contributed by atoms with E-state index >= 15 is 0 Å². The summed E-state index contributed by atoms with van der Waals surface area (Å²) in [6, 6.07) is 14.7. The average molecular weight is 407 g/mol. The Morgan fingerprint density at radius 3 is 2.13 bits per heavy atom. The summed E-state index contributed by atoms with van der Waals surface area (Å²) >= 11 is 1.27. The van der Waals surface area contributed by atoms with Gasteiger partial charge in [0, 0.05) is 0 Å². The summed E-state index contributed by atoms with van der Waals surface area (Å²) in [5.74, 6) is 0. The Kier molecular flexibility index (Phi) is 11.0. The second kappa shape index (κ2) is 9.38. The topological polar surface area (TPSA) is 0 Å². The van der Waals surface area contributed by atoms with Crippen LogP contribution in [0.3, 0.4) is 0 Å². The van der Waals surface area contributed by atoms with E-state index in [1.807, 2.05) is 0 Å². The molecular formula is C12H13Cl2Hf-. The number of fused-ring (bicyclic) bond motifs is 1. The van der Waals surface area contributed by atoms with E-state index in [2.05, 4.69) is 56.3 Å². The van der Waals surface area contributed by atoms with Gasteiger partial charge in [-0.3, -0.25) is 0 Å². The van der Waals surface area contributed by atoms with E-state index in [1.165, 1.54) is 34.7 Å². The van der Waals surface area contributed by atoms with Crippen molar-refractivity contribution in [2.24, 2.45) is 0 Å². The first-order valence-corrected chi connectivity index (χ1v) is 6.12. The summed E-state index contributed by atoms with van der Waals surface area (Å²) in [4.78, 5) is 0. The molecule has 80 valence electrons. The zero-order valence-electron chi connectivity index (χ0n) is 8.80. The third-order valence-electron chi connectivity index (χ3n) is 1.55. The van der Waals surface area contributed by atoms with Crippen molar-refractivity contribution in [1.29, 1.82) is 0 Å². The first-order chi connectivity index (χ1) is 6.20. The van der Waals surface area contributed by atoms with Crippen LogP contribution in [0.2, 0.25) is 0 Å². The fourth-order valence-corrected chi connectivity index (χ4v) is 1.07. The quantitative estimate of drug-likeness (QED) is 0.330. The molecule has 0 amide bonds. The van der Waals surface area contributed by atoms with E-state index in [4.69, 9.17) is 0 Å². The van der Waals surface area contributed by atoms with E-state index < -0.39 is 0 Å². The van der Waals surface area contributed by atoms with E-state index in [0.29, 0.717) is 0 Å². The first-order valence-electron chi connectivity index (χ1n) is 4.32. The Morgan fingerprint density at radius 1 is 1.07 bits per heavy atom. The molecule has 2 rings (SSSR count). The van der Waals surface area contributed by atoms with Crippen LogP contribution in [-0.4, -0.2) is 3.26 Å². The molecule has 3 heteroatoms. The molecular weight excluding hydrogens is 394 g/mol. The summed E-state index contributed by atoms with van der Waals surface area (Å²) in [7, 11) is 0. The summed E-state index contributed by atoms with van der Waals surface area (Å²) in [5, 5.41) is 2.66. The van der Waals surface area contributed by atoms with Crippen molar-refractivity contribution in [3.05, 3.63) is 42.5 Å². The van der Waals surface area contributed by atoms with Crippen LogP contribution in [0.5, 0.6) is 0 Å². The van der Waals surface area contributed by atoms with Crippen molar-refractivity contribution < 1.29 is 48.7 Å². The third kappa shape index (κ3) is 7.10. The van der Waals surface area contributed by atoms with Crippen LogP contribution in [0.1, 0.15) is 13.8 Å². The predicted molar refractivity (Wildman–Crippen MR) is 55.9 cm³/mol. The number of hydrogen-bond acceptors (Lipinski definition) is 0. The minimum absolute atomic E-state index is 0.